The number of hydrogen-bond acceptors (Lipinski definition) is 7. The monoisotopic (exact) mass is 418 g/mol. The average molecular weight is 418 g/mol. The highest BCUT2D eigenvalue weighted by Crippen LogP contribution is 2.32. The number of benzene rings is 1. The van der Waals surface area contributed by atoms with Crippen molar-refractivity contribution in [2.75, 3.05) is 26.4 Å². The van der Waals surface area contributed by atoms with E-state index in [9.17, 15) is 9.59 Å². The second kappa shape index (κ2) is 11.1. The van der Waals surface area contributed by atoms with E-state index in [4.69, 9.17) is 23.7 Å². The predicted octanol–water partition coefficient (Wildman–Crippen LogP) is 3.31. The third-order valence-electron chi connectivity index (χ3n) is 5.32. The summed E-state index contributed by atoms with van der Waals surface area (Å²) in [4.78, 5) is 23.3. The Balaban J connectivity index is 1.31. The third kappa shape index (κ3) is 6.06. The van der Waals surface area contributed by atoms with Crippen molar-refractivity contribution in [2.45, 2.75) is 50.9 Å². The van der Waals surface area contributed by atoms with E-state index in [2.05, 4.69) is 13.5 Å². The fourth-order valence-electron chi connectivity index (χ4n) is 3.63. The number of unbranched alkanes of at least 4 members (excludes halogenated alkanes) is 3. The molecule has 0 saturated carbocycles. The molecule has 2 heterocycles. The number of rotatable bonds is 11. The Bertz CT molecular complexity index is 715. The molecular formula is C23H30O7. The molecule has 7 heteroatoms. The maximum Gasteiger partial charge on any atom is 0.338 e. The molecule has 0 N–H and O–H groups in total. The van der Waals surface area contributed by atoms with Crippen LogP contribution in [0.1, 0.15) is 43.0 Å². The minimum atomic E-state index is -0.382. The highest BCUT2D eigenvalue weighted by Gasteiger charge is 2.47. The van der Waals surface area contributed by atoms with Crippen LogP contribution in [0.2, 0.25) is 0 Å². The van der Waals surface area contributed by atoms with Gasteiger partial charge in [-0.25, -0.2) is 9.59 Å². The van der Waals surface area contributed by atoms with Crippen molar-refractivity contribution in [1.82, 2.24) is 0 Å². The van der Waals surface area contributed by atoms with Crippen molar-refractivity contribution >= 4 is 11.9 Å². The Kier molecular flexibility index (Phi) is 8.28. The minimum absolute atomic E-state index is 0.0146. The van der Waals surface area contributed by atoms with E-state index in [0.29, 0.717) is 43.7 Å². The molecule has 1 aromatic carbocycles. The van der Waals surface area contributed by atoms with Crippen molar-refractivity contribution < 1.29 is 33.3 Å². The van der Waals surface area contributed by atoms with Gasteiger partial charge in [0.2, 0.25) is 0 Å². The van der Waals surface area contributed by atoms with Gasteiger partial charge < -0.3 is 23.7 Å². The number of fused-ring (bicyclic) bond motifs is 1. The van der Waals surface area contributed by atoms with Gasteiger partial charge in [0, 0.05) is 12.0 Å². The minimum Gasteiger partial charge on any atom is -0.494 e. The highest BCUT2D eigenvalue weighted by atomic mass is 16.6. The first-order valence-corrected chi connectivity index (χ1v) is 10.5. The lowest BCUT2D eigenvalue weighted by Gasteiger charge is -2.17. The molecule has 2 saturated heterocycles. The normalized spacial score (nSPS) is 24.8. The van der Waals surface area contributed by atoms with Gasteiger partial charge in [-0.3, -0.25) is 0 Å². The zero-order valence-electron chi connectivity index (χ0n) is 17.4. The Morgan fingerprint density at radius 3 is 2.47 bits per heavy atom. The molecule has 2 fully saturated rings. The molecule has 0 spiro atoms. The van der Waals surface area contributed by atoms with E-state index in [0.717, 1.165) is 25.7 Å². The van der Waals surface area contributed by atoms with E-state index in [1.165, 1.54) is 6.08 Å². The molecule has 7 nitrogen and oxygen atoms in total. The number of carbonyl (C=O) groups excluding carboxylic acids is 2. The predicted molar refractivity (Wildman–Crippen MR) is 109 cm³/mol. The van der Waals surface area contributed by atoms with Crippen LogP contribution in [0.4, 0.5) is 0 Å². The molecule has 1 aromatic rings. The Morgan fingerprint density at radius 1 is 1.03 bits per heavy atom. The summed E-state index contributed by atoms with van der Waals surface area (Å²) >= 11 is 0. The van der Waals surface area contributed by atoms with Crippen LogP contribution in [0.5, 0.6) is 5.75 Å². The molecule has 0 bridgehead atoms. The average Bonchev–Trinajstić information content (AvgIpc) is 3.33. The largest absolute Gasteiger partial charge is 0.494 e. The fraction of sp³-hybridized carbons (Fsp3) is 0.565. The van der Waals surface area contributed by atoms with Gasteiger partial charge in [-0.2, -0.15) is 0 Å². The van der Waals surface area contributed by atoms with Crippen molar-refractivity contribution in [3.8, 4) is 5.75 Å². The maximum atomic E-state index is 12.4. The SMILES string of the molecule is C=CC(=O)OCCCCCCOc1ccc(C(=O)OC2COC3C(C)COC23)cc1. The summed E-state index contributed by atoms with van der Waals surface area (Å²) < 4.78 is 27.7. The number of ether oxygens (including phenoxy) is 5. The summed E-state index contributed by atoms with van der Waals surface area (Å²) in [5, 5.41) is 0. The van der Waals surface area contributed by atoms with E-state index < -0.39 is 0 Å². The number of hydrogen-bond donors (Lipinski definition) is 0. The lowest BCUT2D eigenvalue weighted by atomic mass is 10.0. The van der Waals surface area contributed by atoms with Gasteiger partial charge in [0.05, 0.1) is 38.1 Å². The van der Waals surface area contributed by atoms with Crippen LogP contribution in [-0.4, -0.2) is 56.7 Å². The molecule has 0 amide bonds. The topological polar surface area (TPSA) is 80.3 Å². The van der Waals surface area contributed by atoms with Gasteiger partial charge in [0.15, 0.2) is 6.10 Å². The van der Waals surface area contributed by atoms with Crippen molar-refractivity contribution in [2.24, 2.45) is 5.92 Å². The molecule has 2 aliphatic heterocycles. The van der Waals surface area contributed by atoms with Crippen molar-refractivity contribution in [3.63, 3.8) is 0 Å². The van der Waals surface area contributed by atoms with Crippen molar-refractivity contribution in [1.29, 1.82) is 0 Å². The molecular weight excluding hydrogens is 388 g/mol. The van der Waals surface area contributed by atoms with E-state index >= 15 is 0 Å². The number of esters is 2. The first kappa shape index (κ1) is 22.3. The lowest BCUT2D eigenvalue weighted by molar-refractivity contribution is -0.137. The summed E-state index contributed by atoms with van der Waals surface area (Å²) in [5.74, 6) is 0.276. The van der Waals surface area contributed by atoms with Crippen molar-refractivity contribution in [3.05, 3.63) is 42.5 Å². The zero-order chi connectivity index (χ0) is 21.3. The van der Waals surface area contributed by atoms with Crippen LogP contribution < -0.4 is 4.74 Å². The summed E-state index contributed by atoms with van der Waals surface area (Å²) in [5.41, 5.74) is 0.478. The van der Waals surface area contributed by atoms with Crippen LogP contribution >= 0.6 is 0 Å². The summed E-state index contributed by atoms with van der Waals surface area (Å²) in [6.07, 6.45) is 4.35. The van der Waals surface area contributed by atoms with Gasteiger partial charge in [-0.15, -0.1) is 0 Å². The smallest absolute Gasteiger partial charge is 0.338 e. The van der Waals surface area contributed by atoms with Gasteiger partial charge in [0.25, 0.3) is 0 Å². The molecule has 4 unspecified atom stereocenters. The van der Waals surface area contributed by atoms with E-state index in [1.54, 1.807) is 24.3 Å². The first-order valence-electron chi connectivity index (χ1n) is 10.5. The first-order chi connectivity index (χ1) is 14.6. The fourth-order valence-corrected chi connectivity index (χ4v) is 3.63. The van der Waals surface area contributed by atoms with Gasteiger partial charge >= 0.3 is 11.9 Å². The maximum absolute atomic E-state index is 12.4. The lowest BCUT2D eigenvalue weighted by Crippen LogP contribution is -2.32. The highest BCUT2D eigenvalue weighted by molar-refractivity contribution is 5.89. The molecule has 3 rings (SSSR count). The molecule has 0 aliphatic carbocycles. The summed E-state index contributed by atoms with van der Waals surface area (Å²) in [7, 11) is 0. The second-order valence-electron chi connectivity index (χ2n) is 7.68. The summed E-state index contributed by atoms with van der Waals surface area (Å²) in [6, 6.07) is 6.95. The molecule has 164 valence electrons. The van der Waals surface area contributed by atoms with Gasteiger partial charge in [0.1, 0.15) is 11.9 Å². The molecule has 30 heavy (non-hydrogen) atoms. The number of carbonyl (C=O) groups is 2. The molecule has 0 radical (unpaired) electrons. The summed E-state index contributed by atoms with van der Waals surface area (Å²) in [6.45, 7) is 7.46. The van der Waals surface area contributed by atoms with E-state index in [1.807, 2.05) is 0 Å². The third-order valence-corrected chi connectivity index (χ3v) is 5.32. The van der Waals surface area contributed by atoms with Crippen LogP contribution in [0, 0.1) is 5.92 Å². The van der Waals surface area contributed by atoms with Crippen LogP contribution in [0.15, 0.2) is 36.9 Å². The molecule has 2 aliphatic rings. The van der Waals surface area contributed by atoms with E-state index in [-0.39, 0.29) is 30.3 Å². The van der Waals surface area contributed by atoms with Crippen LogP contribution in [0.25, 0.3) is 0 Å². The zero-order valence-corrected chi connectivity index (χ0v) is 17.4. The van der Waals surface area contributed by atoms with Gasteiger partial charge in [-0.1, -0.05) is 13.5 Å². The molecule has 0 aromatic heterocycles. The Morgan fingerprint density at radius 2 is 1.73 bits per heavy atom. The van der Waals surface area contributed by atoms with Crippen LogP contribution in [-0.2, 0) is 23.7 Å². The van der Waals surface area contributed by atoms with Gasteiger partial charge in [-0.05, 0) is 49.9 Å². The standard InChI is InChI=1S/C23H30O7/c1-3-20(24)27-13-7-5-4-6-12-26-18-10-8-17(9-11-18)23(25)30-19-15-29-21-16(2)14-28-22(19)21/h3,8-11,16,19,21-22H,1,4-7,12-15H2,2H3. The quantitative estimate of drug-likeness (QED) is 0.310. The Labute approximate surface area is 177 Å². The Hall–Kier alpha value is -2.38. The molecule has 4 atom stereocenters. The second-order valence-corrected chi connectivity index (χ2v) is 7.68. The van der Waals surface area contributed by atoms with Crippen LogP contribution in [0.3, 0.4) is 0 Å².